The van der Waals surface area contributed by atoms with Gasteiger partial charge in [-0.25, -0.2) is 0 Å². The molecule has 1 aromatic rings. The summed E-state index contributed by atoms with van der Waals surface area (Å²) in [6.45, 7) is 2.58. The highest BCUT2D eigenvalue weighted by molar-refractivity contribution is 5.97. The van der Waals surface area contributed by atoms with Crippen molar-refractivity contribution in [3.8, 4) is 11.5 Å². The zero-order chi connectivity index (χ0) is 13.0. The fraction of sp³-hybridized carbons (Fsp3) is 0.462. The molecule has 0 radical (unpaired) electrons. The molecule has 5 heteroatoms. The lowest BCUT2D eigenvalue weighted by Crippen LogP contribution is -2.30. The number of carbonyl (C=O) groups excluding carboxylic acids is 1. The van der Waals surface area contributed by atoms with E-state index in [0.29, 0.717) is 18.2 Å². The molecule has 0 aliphatic carbocycles. The van der Waals surface area contributed by atoms with Gasteiger partial charge in [0.1, 0.15) is 11.5 Å². The Hall–Kier alpha value is -1.75. The van der Waals surface area contributed by atoms with Crippen molar-refractivity contribution in [2.24, 2.45) is 5.92 Å². The predicted octanol–water partition coefficient (Wildman–Crippen LogP) is 0.740. The molecule has 98 valence electrons. The SMILES string of the molecule is COc1ccc(C(=O)NCC2CCNC2)c(O)c1. The van der Waals surface area contributed by atoms with Crippen LogP contribution in [0.1, 0.15) is 16.8 Å². The van der Waals surface area contributed by atoms with Gasteiger partial charge in [0.25, 0.3) is 5.91 Å². The monoisotopic (exact) mass is 250 g/mol. The van der Waals surface area contributed by atoms with Crippen molar-refractivity contribution in [1.82, 2.24) is 10.6 Å². The number of benzene rings is 1. The molecule has 0 saturated carbocycles. The number of rotatable bonds is 4. The Morgan fingerprint density at radius 3 is 3.06 bits per heavy atom. The molecule has 1 saturated heterocycles. The Bertz CT molecular complexity index is 428. The number of methoxy groups -OCH3 is 1. The molecule has 1 amide bonds. The number of hydrogen-bond donors (Lipinski definition) is 3. The first-order chi connectivity index (χ1) is 8.70. The van der Waals surface area contributed by atoms with E-state index in [-0.39, 0.29) is 17.2 Å². The van der Waals surface area contributed by atoms with Crippen molar-refractivity contribution in [1.29, 1.82) is 0 Å². The van der Waals surface area contributed by atoms with E-state index in [1.165, 1.54) is 13.2 Å². The van der Waals surface area contributed by atoms with Gasteiger partial charge in [0.2, 0.25) is 0 Å². The molecule has 0 spiro atoms. The summed E-state index contributed by atoms with van der Waals surface area (Å²) in [4.78, 5) is 11.9. The zero-order valence-corrected chi connectivity index (χ0v) is 10.4. The molecule has 1 unspecified atom stereocenters. The van der Waals surface area contributed by atoms with Crippen LogP contribution in [0.5, 0.6) is 11.5 Å². The minimum atomic E-state index is -0.248. The van der Waals surface area contributed by atoms with Crippen molar-refractivity contribution in [3.63, 3.8) is 0 Å². The molecule has 0 aromatic heterocycles. The Morgan fingerprint density at radius 2 is 2.44 bits per heavy atom. The topological polar surface area (TPSA) is 70.6 Å². The van der Waals surface area contributed by atoms with Gasteiger partial charge < -0.3 is 20.5 Å². The molecule has 1 atom stereocenters. The summed E-state index contributed by atoms with van der Waals surface area (Å²) >= 11 is 0. The van der Waals surface area contributed by atoms with Crippen LogP contribution in [0.3, 0.4) is 0 Å². The van der Waals surface area contributed by atoms with Crippen molar-refractivity contribution >= 4 is 5.91 Å². The Balaban J connectivity index is 1.95. The zero-order valence-electron chi connectivity index (χ0n) is 10.4. The fourth-order valence-electron chi connectivity index (χ4n) is 2.05. The molecular formula is C13H18N2O3. The first kappa shape index (κ1) is 12.7. The van der Waals surface area contributed by atoms with E-state index in [1.807, 2.05) is 0 Å². The van der Waals surface area contributed by atoms with Gasteiger partial charge in [0.15, 0.2) is 0 Å². The third-order valence-electron chi connectivity index (χ3n) is 3.16. The minimum Gasteiger partial charge on any atom is -0.507 e. The number of phenols is 1. The number of phenolic OH excluding ortho intramolecular Hbond substituents is 1. The standard InChI is InChI=1S/C13H18N2O3/c1-18-10-2-3-11(12(16)6-10)13(17)15-8-9-4-5-14-7-9/h2-3,6,9,14,16H,4-5,7-8H2,1H3,(H,15,17). The maximum Gasteiger partial charge on any atom is 0.255 e. The van der Waals surface area contributed by atoms with E-state index in [2.05, 4.69) is 10.6 Å². The first-order valence-corrected chi connectivity index (χ1v) is 6.06. The molecule has 3 N–H and O–H groups in total. The van der Waals surface area contributed by atoms with E-state index in [0.717, 1.165) is 19.5 Å². The summed E-state index contributed by atoms with van der Waals surface area (Å²) < 4.78 is 4.97. The molecular weight excluding hydrogens is 232 g/mol. The lowest BCUT2D eigenvalue weighted by atomic mass is 10.1. The average Bonchev–Trinajstić information content (AvgIpc) is 2.88. The molecule has 1 aliphatic heterocycles. The highest BCUT2D eigenvalue weighted by Gasteiger charge is 2.17. The number of hydrogen-bond acceptors (Lipinski definition) is 4. The van der Waals surface area contributed by atoms with Gasteiger partial charge in [-0.05, 0) is 37.6 Å². The van der Waals surface area contributed by atoms with E-state index in [4.69, 9.17) is 4.74 Å². The van der Waals surface area contributed by atoms with Gasteiger partial charge >= 0.3 is 0 Å². The molecule has 1 heterocycles. The number of carbonyl (C=O) groups is 1. The molecule has 1 aliphatic rings. The van der Waals surface area contributed by atoms with Gasteiger partial charge in [-0.15, -0.1) is 0 Å². The van der Waals surface area contributed by atoms with Gasteiger partial charge in [-0.1, -0.05) is 0 Å². The van der Waals surface area contributed by atoms with Gasteiger partial charge in [-0.2, -0.15) is 0 Å². The Morgan fingerprint density at radius 1 is 1.61 bits per heavy atom. The van der Waals surface area contributed by atoms with Crippen LogP contribution in [-0.4, -0.2) is 37.8 Å². The number of nitrogens with one attached hydrogen (secondary N) is 2. The quantitative estimate of drug-likeness (QED) is 0.737. The van der Waals surface area contributed by atoms with E-state index < -0.39 is 0 Å². The smallest absolute Gasteiger partial charge is 0.255 e. The lowest BCUT2D eigenvalue weighted by Gasteiger charge is -2.11. The summed E-state index contributed by atoms with van der Waals surface area (Å²) in [6.07, 6.45) is 1.08. The van der Waals surface area contributed by atoms with Crippen LogP contribution in [0.25, 0.3) is 0 Å². The van der Waals surface area contributed by atoms with Crippen molar-refractivity contribution in [2.45, 2.75) is 6.42 Å². The lowest BCUT2D eigenvalue weighted by molar-refractivity contribution is 0.0945. The first-order valence-electron chi connectivity index (χ1n) is 6.06. The van der Waals surface area contributed by atoms with Crippen LogP contribution in [0.2, 0.25) is 0 Å². The summed E-state index contributed by atoms with van der Waals surface area (Å²) in [5, 5.41) is 15.8. The number of aromatic hydroxyl groups is 1. The minimum absolute atomic E-state index is 0.0589. The van der Waals surface area contributed by atoms with Crippen LogP contribution in [0, 0.1) is 5.92 Å². The molecule has 1 fully saturated rings. The normalized spacial score (nSPS) is 18.6. The van der Waals surface area contributed by atoms with Crippen molar-refractivity contribution < 1.29 is 14.6 Å². The van der Waals surface area contributed by atoms with Crippen molar-refractivity contribution in [2.75, 3.05) is 26.7 Å². The molecule has 2 rings (SSSR count). The van der Waals surface area contributed by atoms with Crippen LogP contribution in [0.15, 0.2) is 18.2 Å². The second kappa shape index (κ2) is 5.73. The Kier molecular flexibility index (Phi) is 4.04. The number of amides is 1. The van der Waals surface area contributed by atoms with Gasteiger partial charge in [-0.3, -0.25) is 4.79 Å². The molecule has 5 nitrogen and oxygen atoms in total. The second-order valence-electron chi connectivity index (χ2n) is 4.45. The van der Waals surface area contributed by atoms with Gasteiger partial charge in [0.05, 0.1) is 12.7 Å². The van der Waals surface area contributed by atoms with Crippen molar-refractivity contribution in [3.05, 3.63) is 23.8 Å². The van der Waals surface area contributed by atoms with E-state index in [1.54, 1.807) is 12.1 Å². The molecule has 0 bridgehead atoms. The average molecular weight is 250 g/mol. The molecule has 1 aromatic carbocycles. The summed E-state index contributed by atoms with van der Waals surface area (Å²) in [7, 11) is 1.52. The highest BCUT2D eigenvalue weighted by Crippen LogP contribution is 2.23. The van der Waals surface area contributed by atoms with Gasteiger partial charge in [0, 0.05) is 12.6 Å². The van der Waals surface area contributed by atoms with Crippen LogP contribution in [-0.2, 0) is 0 Å². The maximum absolute atomic E-state index is 11.9. The second-order valence-corrected chi connectivity index (χ2v) is 4.45. The molecule has 18 heavy (non-hydrogen) atoms. The van der Waals surface area contributed by atoms with E-state index in [9.17, 15) is 9.90 Å². The predicted molar refractivity (Wildman–Crippen MR) is 68.0 cm³/mol. The number of ether oxygens (including phenoxy) is 1. The van der Waals surface area contributed by atoms with E-state index >= 15 is 0 Å². The third kappa shape index (κ3) is 2.92. The Labute approximate surface area is 106 Å². The van der Waals surface area contributed by atoms with Crippen LogP contribution < -0.4 is 15.4 Å². The summed E-state index contributed by atoms with van der Waals surface area (Å²) in [5.41, 5.74) is 0.279. The summed E-state index contributed by atoms with van der Waals surface area (Å²) in [6, 6.07) is 4.66. The van der Waals surface area contributed by atoms with Crippen LogP contribution in [0.4, 0.5) is 0 Å². The largest absolute Gasteiger partial charge is 0.507 e. The highest BCUT2D eigenvalue weighted by atomic mass is 16.5. The fourth-order valence-corrected chi connectivity index (χ4v) is 2.05. The third-order valence-corrected chi connectivity index (χ3v) is 3.16. The summed E-state index contributed by atoms with van der Waals surface area (Å²) in [5.74, 6) is 0.705. The maximum atomic E-state index is 11.9. The van der Waals surface area contributed by atoms with Crippen LogP contribution >= 0.6 is 0 Å².